The minimum absolute atomic E-state index is 1.37. The molecular formula is C47H96S. The third-order valence-corrected chi connectivity index (χ3v) is 12.2. The van der Waals surface area contributed by atoms with Gasteiger partial charge in [0.1, 0.15) is 0 Å². The van der Waals surface area contributed by atoms with E-state index >= 15 is 0 Å². The predicted molar refractivity (Wildman–Crippen MR) is 227 cm³/mol. The van der Waals surface area contributed by atoms with Crippen LogP contribution in [-0.4, -0.2) is 11.5 Å². The van der Waals surface area contributed by atoms with Gasteiger partial charge >= 0.3 is 0 Å². The highest BCUT2D eigenvalue weighted by Gasteiger charge is 1.98. The van der Waals surface area contributed by atoms with Gasteiger partial charge in [0.2, 0.25) is 0 Å². The van der Waals surface area contributed by atoms with Crippen LogP contribution in [0.5, 0.6) is 0 Å². The van der Waals surface area contributed by atoms with E-state index in [1.807, 2.05) is 0 Å². The molecule has 0 bridgehead atoms. The van der Waals surface area contributed by atoms with Gasteiger partial charge in [-0.25, -0.2) is 0 Å². The van der Waals surface area contributed by atoms with E-state index in [2.05, 4.69) is 25.6 Å². The fourth-order valence-electron chi connectivity index (χ4n) is 7.55. The summed E-state index contributed by atoms with van der Waals surface area (Å²) in [5.41, 5.74) is 0. The van der Waals surface area contributed by atoms with Crippen LogP contribution in [0, 0.1) is 0 Å². The summed E-state index contributed by atoms with van der Waals surface area (Å²) in [6.07, 6.45) is 63.6. The van der Waals surface area contributed by atoms with Crippen molar-refractivity contribution in [3.63, 3.8) is 0 Å². The van der Waals surface area contributed by atoms with Gasteiger partial charge in [0.25, 0.3) is 0 Å². The monoisotopic (exact) mass is 693 g/mol. The molecule has 0 saturated heterocycles. The van der Waals surface area contributed by atoms with Crippen LogP contribution in [0.1, 0.15) is 290 Å². The van der Waals surface area contributed by atoms with Crippen molar-refractivity contribution in [3.8, 4) is 0 Å². The smallest absolute Gasteiger partial charge is 0.00675 e. The average molecular weight is 693 g/mol. The highest BCUT2D eigenvalue weighted by atomic mass is 32.2. The van der Waals surface area contributed by atoms with Gasteiger partial charge in [-0.05, 0) is 24.3 Å². The zero-order chi connectivity index (χ0) is 34.5. The topological polar surface area (TPSA) is 0 Å². The highest BCUT2D eigenvalue weighted by Crippen LogP contribution is 2.18. The maximum atomic E-state index is 2.31. The van der Waals surface area contributed by atoms with Crippen LogP contribution >= 0.6 is 11.8 Å². The second-order valence-electron chi connectivity index (χ2n) is 16.1. The van der Waals surface area contributed by atoms with Crippen molar-refractivity contribution >= 4 is 11.8 Å². The summed E-state index contributed by atoms with van der Waals surface area (Å²) in [7, 11) is 0. The SMILES string of the molecule is CCCCCCCCCCCCCCCCCCCCCCCCCCCCSCCCCCCCCCCCCCCCCCCC. The molecule has 0 atom stereocenters. The Morgan fingerprint density at radius 3 is 0.438 bits per heavy atom. The third kappa shape index (κ3) is 46.4. The molecular weight excluding hydrogens is 597 g/mol. The maximum Gasteiger partial charge on any atom is -0.00675 e. The minimum atomic E-state index is 1.37. The standard InChI is InChI=1S/C47H96S/c1-3-5-7-9-11-13-15-17-19-21-22-23-24-25-26-27-28-29-31-33-35-37-39-41-43-45-47-48-46-44-42-40-38-36-34-32-30-20-18-16-14-12-10-8-6-4-2/h3-47H2,1-2H3. The number of unbranched alkanes of at least 4 members (excludes halogenated alkanes) is 41. The van der Waals surface area contributed by atoms with E-state index in [-0.39, 0.29) is 0 Å². The van der Waals surface area contributed by atoms with E-state index in [9.17, 15) is 0 Å². The van der Waals surface area contributed by atoms with Crippen LogP contribution in [0.2, 0.25) is 0 Å². The molecule has 0 fully saturated rings. The number of thioether (sulfide) groups is 1. The van der Waals surface area contributed by atoms with Crippen molar-refractivity contribution in [2.75, 3.05) is 11.5 Å². The van der Waals surface area contributed by atoms with Gasteiger partial charge in [-0.2, -0.15) is 11.8 Å². The second kappa shape index (κ2) is 47.4. The van der Waals surface area contributed by atoms with E-state index in [0.29, 0.717) is 0 Å². The van der Waals surface area contributed by atoms with Crippen molar-refractivity contribution in [3.05, 3.63) is 0 Å². The summed E-state index contributed by atoms with van der Waals surface area (Å²) in [6.45, 7) is 4.62. The molecule has 0 aliphatic carbocycles. The second-order valence-corrected chi connectivity index (χ2v) is 17.3. The highest BCUT2D eigenvalue weighted by molar-refractivity contribution is 7.99. The number of rotatable bonds is 45. The van der Waals surface area contributed by atoms with Gasteiger partial charge in [0.15, 0.2) is 0 Å². The summed E-state index contributed by atoms with van der Waals surface area (Å²) in [5, 5.41) is 0. The Morgan fingerprint density at radius 2 is 0.292 bits per heavy atom. The molecule has 0 unspecified atom stereocenters. The Kier molecular flexibility index (Phi) is 47.7. The van der Waals surface area contributed by atoms with E-state index in [1.165, 1.54) is 288 Å². The Hall–Kier alpha value is 0.350. The first-order chi connectivity index (χ1) is 23.9. The molecule has 0 aliphatic heterocycles. The molecule has 0 saturated carbocycles. The molecule has 1 heteroatoms. The van der Waals surface area contributed by atoms with Gasteiger partial charge in [0.05, 0.1) is 0 Å². The molecule has 0 aromatic rings. The largest absolute Gasteiger partial charge is 0.162 e. The maximum absolute atomic E-state index is 2.31. The fraction of sp³-hybridized carbons (Fsp3) is 1.00. The summed E-state index contributed by atoms with van der Waals surface area (Å²) >= 11 is 2.23. The van der Waals surface area contributed by atoms with Gasteiger partial charge in [-0.3, -0.25) is 0 Å². The number of hydrogen-bond acceptors (Lipinski definition) is 1. The molecule has 0 aromatic heterocycles. The first-order valence-electron chi connectivity index (χ1n) is 23.5. The van der Waals surface area contributed by atoms with E-state index < -0.39 is 0 Å². The van der Waals surface area contributed by atoms with Gasteiger partial charge < -0.3 is 0 Å². The molecule has 48 heavy (non-hydrogen) atoms. The minimum Gasteiger partial charge on any atom is -0.162 e. The van der Waals surface area contributed by atoms with Crippen LogP contribution in [0.4, 0.5) is 0 Å². The Balaban J connectivity index is 3.04. The van der Waals surface area contributed by atoms with Gasteiger partial charge in [-0.15, -0.1) is 0 Å². The van der Waals surface area contributed by atoms with Crippen molar-refractivity contribution in [2.24, 2.45) is 0 Å². The van der Waals surface area contributed by atoms with Crippen LogP contribution < -0.4 is 0 Å². The fourth-order valence-corrected chi connectivity index (χ4v) is 8.57. The molecule has 0 N–H and O–H groups in total. The van der Waals surface area contributed by atoms with E-state index in [1.54, 1.807) is 0 Å². The summed E-state index contributed by atoms with van der Waals surface area (Å²) in [6, 6.07) is 0. The molecule has 0 nitrogen and oxygen atoms in total. The zero-order valence-electron chi connectivity index (χ0n) is 34.2. The first-order valence-corrected chi connectivity index (χ1v) is 24.6. The van der Waals surface area contributed by atoms with Crippen LogP contribution in [0.3, 0.4) is 0 Å². The lowest BCUT2D eigenvalue weighted by Crippen LogP contribution is -1.87. The van der Waals surface area contributed by atoms with E-state index in [0.717, 1.165) is 0 Å². The lowest BCUT2D eigenvalue weighted by atomic mass is 10.0. The molecule has 0 rings (SSSR count). The Bertz CT molecular complexity index is 469. The van der Waals surface area contributed by atoms with Crippen molar-refractivity contribution in [1.29, 1.82) is 0 Å². The Labute approximate surface area is 312 Å². The molecule has 0 aliphatic rings. The molecule has 290 valence electrons. The van der Waals surface area contributed by atoms with Crippen molar-refractivity contribution in [2.45, 2.75) is 290 Å². The Morgan fingerprint density at radius 1 is 0.167 bits per heavy atom. The van der Waals surface area contributed by atoms with Gasteiger partial charge in [-0.1, -0.05) is 277 Å². The molecule has 0 heterocycles. The average Bonchev–Trinajstić information content (AvgIpc) is 3.10. The molecule has 0 amide bonds. The first kappa shape index (κ1) is 48.3. The molecule has 0 spiro atoms. The van der Waals surface area contributed by atoms with Crippen molar-refractivity contribution in [1.82, 2.24) is 0 Å². The lowest BCUT2D eigenvalue weighted by molar-refractivity contribution is 0.516. The quantitative estimate of drug-likeness (QED) is 0.0573. The summed E-state index contributed by atoms with van der Waals surface area (Å²) < 4.78 is 0. The van der Waals surface area contributed by atoms with Gasteiger partial charge in [0, 0.05) is 0 Å². The predicted octanol–water partition coefficient (Wildman–Crippen LogP) is 18.5. The van der Waals surface area contributed by atoms with Crippen LogP contribution in [0.25, 0.3) is 0 Å². The normalized spacial score (nSPS) is 11.6. The summed E-state index contributed by atoms with van der Waals surface area (Å²) in [5.74, 6) is 2.83. The van der Waals surface area contributed by atoms with E-state index in [4.69, 9.17) is 0 Å². The third-order valence-electron chi connectivity index (χ3n) is 11.0. The van der Waals surface area contributed by atoms with Crippen LogP contribution in [-0.2, 0) is 0 Å². The molecule has 0 aromatic carbocycles. The number of hydrogen-bond donors (Lipinski definition) is 0. The molecule has 0 radical (unpaired) electrons. The lowest BCUT2D eigenvalue weighted by Gasteiger charge is -2.05. The summed E-state index contributed by atoms with van der Waals surface area (Å²) in [4.78, 5) is 0. The zero-order valence-corrected chi connectivity index (χ0v) is 35.0. The van der Waals surface area contributed by atoms with Crippen molar-refractivity contribution < 1.29 is 0 Å². The van der Waals surface area contributed by atoms with Crippen LogP contribution in [0.15, 0.2) is 0 Å².